The van der Waals surface area contributed by atoms with E-state index in [9.17, 15) is 13.6 Å². The van der Waals surface area contributed by atoms with Gasteiger partial charge < -0.3 is 9.30 Å². The minimum atomic E-state index is -0.956. The SMILES string of the molecule is C#CCn1c(=NC(=O)c2ccc(F)cc2F)sc2cc(OCC)ccc21. The van der Waals surface area contributed by atoms with Crippen LogP contribution in [0.3, 0.4) is 0 Å². The number of nitrogens with zero attached hydrogens (tertiary/aromatic N) is 2. The van der Waals surface area contributed by atoms with Crippen LogP contribution < -0.4 is 9.54 Å². The second kappa shape index (κ2) is 7.50. The lowest BCUT2D eigenvalue weighted by atomic mass is 10.2. The maximum absolute atomic E-state index is 13.8. The van der Waals surface area contributed by atoms with Crippen molar-refractivity contribution in [1.82, 2.24) is 4.57 Å². The molecule has 0 saturated carbocycles. The van der Waals surface area contributed by atoms with Crippen molar-refractivity contribution in [3.8, 4) is 18.1 Å². The van der Waals surface area contributed by atoms with Crippen LogP contribution in [0.2, 0.25) is 0 Å². The first-order valence-electron chi connectivity index (χ1n) is 7.77. The summed E-state index contributed by atoms with van der Waals surface area (Å²) < 4.78 is 34.8. The Morgan fingerprint density at radius 3 is 2.81 bits per heavy atom. The zero-order chi connectivity index (χ0) is 18.7. The third-order valence-corrected chi connectivity index (χ3v) is 4.61. The van der Waals surface area contributed by atoms with Crippen LogP contribution in [0.5, 0.6) is 5.75 Å². The molecule has 0 unspecified atom stereocenters. The van der Waals surface area contributed by atoms with Crippen LogP contribution in [0.4, 0.5) is 8.78 Å². The minimum absolute atomic E-state index is 0.200. The normalized spacial score (nSPS) is 11.5. The standard InChI is InChI=1S/C19H14F2N2O2S/c1-3-9-23-16-8-6-13(25-4-2)11-17(16)26-19(23)22-18(24)14-7-5-12(20)10-15(14)21/h1,5-8,10-11H,4,9H2,2H3. The quantitative estimate of drug-likeness (QED) is 0.655. The molecule has 3 rings (SSSR count). The van der Waals surface area contributed by atoms with Crippen LogP contribution in [0.1, 0.15) is 17.3 Å². The number of carbonyl (C=O) groups excluding carboxylic acids is 1. The second-order valence-electron chi connectivity index (χ2n) is 5.28. The largest absolute Gasteiger partial charge is 0.494 e. The van der Waals surface area contributed by atoms with Gasteiger partial charge in [-0.05, 0) is 37.3 Å². The smallest absolute Gasteiger partial charge is 0.282 e. The number of rotatable bonds is 4. The van der Waals surface area contributed by atoms with Crippen molar-refractivity contribution in [2.75, 3.05) is 6.61 Å². The summed E-state index contributed by atoms with van der Waals surface area (Å²) in [5.74, 6) is 0.694. The molecule has 132 valence electrons. The predicted molar refractivity (Wildman–Crippen MR) is 96.1 cm³/mol. The summed E-state index contributed by atoms with van der Waals surface area (Å²) in [6, 6.07) is 8.20. The summed E-state index contributed by atoms with van der Waals surface area (Å²) in [5.41, 5.74) is 0.494. The Kier molecular flexibility index (Phi) is 5.14. The van der Waals surface area contributed by atoms with E-state index >= 15 is 0 Å². The molecular formula is C19H14F2N2O2S. The fraction of sp³-hybridized carbons (Fsp3) is 0.158. The van der Waals surface area contributed by atoms with E-state index in [0.29, 0.717) is 23.2 Å². The Hall–Kier alpha value is -2.98. The Balaban J connectivity index is 2.13. The zero-order valence-corrected chi connectivity index (χ0v) is 14.6. The minimum Gasteiger partial charge on any atom is -0.494 e. The van der Waals surface area contributed by atoms with Gasteiger partial charge in [0, 0.05) is 6.07 Å². The van der Waals surface area contributed by atoms with E-state index in [0.717, 1.165) is 22.3 Å². The van der Waals surface area contributed by atoms with Gasteiger partial charge in [-0.2, -0.15) is 4.99 Å². The molecule has 7 heteroatoms. The third-order valence-electron chi connectivity index (χ3n) is 3.57. The highest BCUT2D eigenvalue weighted by Gasteiger charge is 2.13. The maximum Gasteiger partial charge on any atom is 0.282 e. The van der Waals surface area contributed by atoms with Gasteiger partial charge in [-0.3, -0.25) is 4.79 Å². The highest BCUT2D eigenvalue weighted by molar-refractivity contribution is 7.16. The van der Waals surface area contributed by atoms with Crippen molar-refractivity contribution < 1.29 is 18.3 Å². The molecule has 0 aliphatic carbocycles. The lowest BCUT2D eigenvalue weighted by Crippen LogP contribution is -2.17. The fourth-order valence-corrected chi connectivity index (χ4v) is 3.51. The Labute approximate surface area is 152 Å². The number of hydrogen-bond donors (Lipinski definition) is 0. The van der Waals surface area contributed by atoms with Crippen molar-refractivity contribution >= 4 is 27.5 Å². The summed E-state index contributed by atoms with van der Waals surface area (Å²) >= 11 is 1.24. The molecule has 0 saturated heterocycles. The zero-order valence-electron chi connectivity index (χ0n) is 13.8. The Bertz CT molecular complexity index is 1090. The van der Waals surface area contributed by atoms with Gasteiger partial charge in [-0.15, -0.1) is 6.42 Å². The summed E-state index contributed by atoms with van der Waals surface area (Å²) in [4.78, 5) is 16.7. The van der Waals surface area contributed by atoms with Gasteiger partial charge in [0.25, 0.3) is 5.91 Å². The van der Waals surface area contributed by atoms with Crippen molar-refractivity contribution in [2.24, 2.45) is 4.99 Å². The van der Waals surface area contributed by atoms with E-state index in [1.54, 1.807) is 10.6 Å². The average Bonchev–Trinajstić information content (AvgIpc) is 2.92. The molecule has 0 N–H and O–H groups in total. The van der Waals surface area contributed by atoms with Gasteiger partial charge in [-0.1, -0.05) is 17.3 Å². The summed E-state index contributed by atoms with van der Waals surface area (Å²) in [5, 5.41) is 0. The van der Waals surface area contributed by atoms with Gasteiger partial charge >= 0.3 is 0 Å². The van der Waals surface area contributed by atoms with Crippen LogP contribution >= 0.6 is 11.3 Å². The van der Waals surface area contributed by atoms with Gasteiger partial charge in [0.15, 0.2) is 4.80 Å². The molecule has 0 spiro atoms. The van der Waals surface area contributed by atoms with E-state index in [-0.39, 0.29) is 12.1 Å². The van der Waals surface area contributed by atoms with Gasteiger partial charge in [0.2, 0.25) is 0 Å². The molecule has 1 heterocycles. The average molecular weight is 372 g/mol. The topological polar surface area (TPSA) is 43.6 Å². The number of fused-ring (bicyclic) bond motifs is 1. The molecule has 0 atom stereocenters. The number of terminal acetylenes is 1. The van der Waals surface area contributed by atoms with E-state index in [1.807, 2.05) is 19.1 Å². The molecule has 3 aromatic rings. The van der Waals surface area contributed by atoms with Crippen LogP contribution in [0, 0.1) is 24.0 Å². The first-order chi connectivity index (χ1) is 12.5. The van der Waals surface area contributed by atoms with Gasteiger partial charge in [0.1, 0.15) is 17.4 Å². The molecule has 0 aliphatic rings. The first kappa shape index (κ1) is 17.8. The van der Waals surface area contributed by atoms with E-state index in [1.165, 1.54) is 11.3 Å². The van der Waals surface area contributed by atoms with Crippen molar-refractivity contribution in [2.45, 2.75) is 13.5 Å². The van der Waals surface area contributed by atoms with E-state index < -0.39 is 17.5 Å². The van der Waals surface area contributed by atoms with Crippen molar-refractivity contribution in [1.29, 1.82) is 0 Å². The molecule has 26 heavy (non-hydrogen) atoms. The highest BCUT2D eigenvalue weighted by atomic mass is 32.1. The van der Waals surface area contributed by atoms with Crippen LogP contribution in [0.25, 0.3) is 10.2 Å². The molecule has 0 aliphatic heterocycles. The lowest BCUT2D eigenvalue weighted by Gasteiger charge is -2.03. The van der Waals surface area contributed by atoms with Crippen LogP contribution in [-0.2, 0) is 6.54 Å². The van der Waals surface area contributed by atoms with E-state index in [2.05, 4.69) is 10.9 Å². The monoisotopic (exact) mass is 372 g/mol. The summed E-state index contributed by atoms with van der Waals surface area (Å²) in [7, 11) is 0. The third kappa shape index (κ3) is 3.51. The Morgan fingerprint density at radius 2 is 2.12 bits per heavy atom. The number of carbonyl (C=O) groups is 1. The number of benzene rings is 2. The van der Waals surface area contributed by atoms with Crippen molar-refractivity contribution in [3.05, 3.63) is 58.4 Å². The molecule has 2 aromatic carbocycles. The molecular weight excluding hydrogens is 358 g/mol. The van der Waals surface area contributed by atoms with Gasteiger partial charge in [-0.25, -0.2) is 8.78 Å². The summed E-state index contributed by atoms with van der Waals surface area (Å²) in [6.07, 6.45) is 5.42. The lowest BCUT2D eigenvalue weighted by molar-refractivity contribution is 0.0994. The maximum atomic E-state index is 13.8. The summed E-state index contributed by atoms with van der Waals surface area (Å²) in [6.45, 7) is 2.61. The Morgan fingerprint density at radius 1 is 1.31 bits per heavy atom. The van der Waals surface area contributed by atoms with Crippen LogP contribution in [-0.4, -0.2) is 17.1 Å². The number of aromatic nitrogens is 1. The number of halogens is 2. The van der Waals surface area contributed by atoms with Gasteiger partial charge in [0.05, 0.1) is 28.9 Å². The molecule has 0 bridgehead atoms. The number of ether oxygens (including phenoxy) is 1. The molecule has 1 aromatic heterocycles. The molecule has 4 nitrogen and oxygen atoms in total. The second-order valence-corrected chi connectivity index (χ2v) is 6.29. The number of thiazole rings is 1. The number of amides is 1. The van der Waals surface area contributed by atoms with Crippen LogP contribution in [0.15, 0.2) is 41.4 Å². The van der Waals surface area contributed by atoms with Crippen molar-refractivity contribution in [3.63, 3.8) is 0 Å². The molecule has 0 fully saturated rings. The number of hydrogen-bond acceptors (Lipinski definition) is 3. The highest BCUT2D eigenvalue weighted by Crippen LogP contribution is 2.23. The molecule has 0 radical (unpaired) electrons. The first-order valence-corrected chi connectivity index (χ1v) is 8.59. The molecule has 1 amide bonds. The van der Waals surface area contributed by atoms with E-state index in [4.69, 9.17) is 11.2 Å². The predicted octanol–water partition coefficient (Wildman–Crippen LogP) is 3.75. The fourth-order valence-electron chi connectivity index (χ4n) is 2.45.